The van der Waals surface area contributed by atoms with Crippen molar-refractivity contribution in [1.29, 1.82) is 0 Å². The van der Waals surface area contributed by atoms with E-state index >= 15 is 0 Å². The molecule has 6 nitrogen and oxygen atoms in total. The van der Waals surface area contributed by atoms with Crippen LogP contribution in [0.4, 0.5) is 0 Å². The summed E-state index contributed by atoms with van der Waals surface area (Å²) in [6.45, 7) is 7.29. The number of rotatable bonds is 4. The van der Waals surface area contributed by atoms with Gasteiger partial charge in [-0.3, -0.25) is 4.90 Å². The summed E-state index contributed by atoms with van der Waals surface area (Å²) in [7, 11) is 0. The fraction of sp³-hybridized carbons (Fsp3) is 0.500. The van der Waals surface area contributed by atoms with Crippen LogP contribution in [0.2, 0.25) is 0 Å². The maximum atomic E-state index is 6.05. The molecule has 2 aliphatic heterocycles. The summed E-state index contributed by atoms with van der Waals surface area (Å²) < 4.78 is 17.2. The number of ether oxygens (including phenoxy) is 3. The van der Waals surface area contributed by atoms with Gasteiger partial charge in [-0.25, -0.2) is 9.97 Å². The van der Waals surface area contributed by atoms with Gasteiger partial charge >= 0.3 is 0 Å². The second-order valence-electron chi connectivity index (χ2n) is 6.88. The molecular weight excluding hydrogens is 330 g/mol. The zero-order chi connectivity index (χ0) is 17.9. The van der Waals surface area contributed by atoms with Crippen molar-refractivity contribution in [2.45, 2.75) is 38.8 Å². The lowest BCUT2D eigenvalue weighted by Gasteiger charge is -2.35. The Morgan fingerprint density at radius 2 is 1.88 bits per heavy atom. The molecule has 2 aromatic rings. The quantitative estimate of drug-likeness (QED) is 0.840. The maximum Gasteiger partial charge on any atom is 0.257 e. The van der Waals surface area contributed by atoms with Crippen LogP contribution in [0.1, 0.15) is 37.2 Å². The summed E-state index contributed by atoms with van der Waals surface area (Å²) >= 11 is 0. The minimum Gasteiger partial charge on any atom is -0.484 e. The van der Waals surface area contributed by atoms with Crippen molar-refractivity contribution in [2.24, 2.45) is 0 Å². The highest BCUT2D eigenvalue weighted by Crippen LogP contribution is 2.31. The number of aryl methyl sites for hydroxylation is 1. The summed E-state index contributed by atoms with van der Waals surface area (Å²) in [6, 6.07) is 10.1. The lowest BCUT2D eigenvalue weighted by Crippen LogP contribution is -2.40. The molecule has 1 fully saturated rings. The lowest BCUT2D eigenvalue weighted by atomic mass is 10.0. The topological polar surface area (TPSA) is 56.7 Å². The number of fused-ring (bicyclic) bond motifs is 1. The number of nitrogens with zero attached hydrogens (tertiary/aromatic N) is 3. The largest absolute Gasteiger partial charge is 0.484 e. The molecule has 2 aromatic heterocycles. The molecule has 4 rings (SSSR count). The van der Waals surface area contributed by atoms with E-state index in [0.717, 1.165) is 48.9 Å². The zero-order valence-electron chi connectivity index (χ0n) is 15.4. The molecule has 1 atom stereocenters. The van der Waals surface area contributed by atoms with Crippen molar-refractivity contribution < 1.29 is 14.2 Å². The van der Waals surface area contributed by atoms with Gasteiger partial charge in [-0.15, -0.1) is 0 Å². The van der Waals surface area contributed by atoms with Crippen LogP contribution < -0.4 is 14.2 Å². The van der Waals surface area contributed by atoms with Crippen LogP contribution in [0.5, 0.6) is 17.5 Å². The first-order chi connectivity index (χ1) is 12.7. The monoisotopic (exact) mass is 355 g/mol. The van der Waals surface area contributed by atoms with Gasteiger partial charge in [0.1, 0.15) is 19.3 Å². The van der Waals surface area contributed by atoms with Crippen LogP contribution in [0, 0.1) is 6.92 Å². The predicted octanol–water partition coefficient (Wildman–Crippen LogP) is 3.16. The molecule has 0 radical (unpaired) electrons. The first-order valence-corrected chi connectivity index (χ1v) is 9.30. The molecule has 0 aliphatic carbocycles. The Labute approximate surface area is 154 Å². The summed E-state index contributed by atoms with van der Waals surface area (Å²) in [5.74, 6) is 2.08. The zero-order valence-corrected chi connectivity index (χ0v) is 15.4. The minimum absolute atomic E-state index is 0.223. The average Bonchev–Trinajstić information content (AvgIpc) is 2.68. The van der Waals surface area contributed by atoms with Gasteiger partial charge in [0.05, 0.1) is 5.69 Å². The molecule has 0 spiro atoms. The van der Waals surface area contributed by atoms with Crippen molar-refractivity contribution in [1.82, 2.24) is 14.9 Å². The minimum atomic E-state index is 0.223. The van der Waals surface area contributed by atoms with E-state index < -0.39 is 0 Å². The van der Waals surface area contributed by atoms with E-state index in [9.17, 15) is 0 Å². The predicted molar refractivity (Wildman–Crippen MR) is 97.8 cm³/mol. The van der Waals surface area contributed by atoms with Crippen LogP contribution in [-0.4, -0.2) is 47.3 Å². The average molecular weight is 355 g/mol. The first-order valence-electron chi connectivity index (χ1n) is 9.30. The lowest BCUT2D eigenvalue weighted by molar-refractivity contribution is 0.0752. The third-order valence-corrected chi connectivity index (χ3v) is 5.03. The fourth-order valence-corrected chi connectivity index (χ4v) is 3.50. The Balaban J connectivity index is 1.35. The third kappa shape index (κ3) is 3.75. The summed E-state index contributed by atoms with van der Waals surface area (Å²) in [6.07, 6.45) is 2.20. The highest BCUT2D eigenvalue weighted by atomic mass is 16.6. The normalized spacial score (nSPS) is 19.2. The smallest absolute Gasteiger partial charge is 0.257 e. The van der Waals surface area contributed by atoms with E-state index in [2.05, 4.69) is 21.8 Å². The number of hydrogen-bond acceptors (Lipinski definition) is 6. The Kier molecular flexibility index (Phi) is 4.93. The van der Waals surface area contributed by atoms with Crippen LogP contribution in [0.25, 0.3) is 0 Å². The number of aromatic nitrogens is 2. The van der Waals surface area contributed by atoms with Gasteiger partial charge in [-0.2, -0.15) is 0 Å². The van der Waals surface area contributed by atoms with Gasteiger partial charge < -0.3 is 14.2 Å². The SMILES string of the molecule is Cc1cccc(OC2CCN(C(C)c3ccc4c(n3)OCCO4)CC2)n1. The van der Waals surface area contributed by atoms with Gasteiger partial charge in [0, 0.05) is 30.9 Å². The van der Waals surface area contributed by atoms with Crippen LogP contribution in [0.15, 0.2) is 30.3 Å². The molecule has 0 bridgehead atoms. The number of pyridine rings is 2. The van der Waals surface area contributed by atoms with Gasteiger partial charge in [-0.1, -0.05) is 6.07 Å². The molecular formula is C20H25N3O3. The van der Waals surface area contributed by atoms with Crippen molar-refractivity contribution in [3.63, 3.8) is 0 Å². The third-order valence-electron chi connectivity index (χ3n) is 5.03. The Morgan fingerprint density at radius 1 is 1.08 bits per heavy atom. The molecule has 4 heterocycles. The van der Waals surface area contributed by atoms with Crippen molar-refractivity contribution in [3.05, 3.63) is 41.7 Å². The summed E-state index contributed by atoms with van der Waals surface area (Å²) in [5.41, 5.74) is 2.01. The van der Waals surface area contributed by atoms with E-state index in [4.69, 9.17) is 14.2 Å². The molecule has 138 valence electrons. The Hall–Kier alpha value is -2.34. The Morgan fingerprint density at radius 3 is 2.69 bits per heavy atom. The molecule has 6 heteroatoms. The van der Waals surface area contributed by atoms with E-state index in [1.807, 2.05) is 37.3 Å². The molecule has 2 aliphatic rings. The Bertz CT molecular complexity index is 760. The van der Waals surface area contributed by atoms with Crippen molar-refractivity contribution in [2.75, 3.05) is 26.3 Å². The number of likely N-dealkylation sites (tertiary alicyclic amines) is 1. The highest BCUT2D eigenvalue weighted by Gasteiger charge is 2.26. The van der Waals surface area contributed by atoms with Gasteiger partial charge in [-0.05, 0) is 44.9 Å². The molecule has 1 unspecified atom stereocenters. The van der Waals surface area contributed by atoms with Gasteiger partial charge in [0.25, 0.3) is 5.88 Å². The first kappa shape index (κ1) is 17.1. The van der Waals surface area contributed by atoms with E-state index in [0.29, 0.717) is 19.1 Å². The number of piperidine rings is 1. The molecule has 0 amide bonds. The van der Waals surface area contributed by atoms with E-state index in [1.165, 1.54) is 0 Å². The fourth-order valence-electron chi connectivity index (χ4n) is 3.50. The second kappa shape index (κ2) is 7.50. The van der Waals surface area contributed by atoms with Crippen molar-refractivity contribution >= 4 is 0 Å². The van der Waals surface area contributed by atoms with E-state index in [1.54, 1.807) is 0 Å². The molecule has 26 heavy (non-hydrogen) atoms. The second-order valence-corrected chi connectivity index (χ2v) is 6.88. The van der Waals surface area contributed by atoms with Gasteiger partial charge in [0.15, 0.2) is 5.75 Å². The standard InChI is InChI=1S/C20H25N3O3/c1-14-4-3-5-19(21-14)26-16-8-10-23(11-9-16)15(2)17-6-7-18-20(22-17)25-13-12-24-18/h3-7,15-16H,8-13H2,1-2H3. The van der Waals surface area contributed by atoms with Crippen molar-refractivity contribution in [3.8, 4) is 17.5 Å². The van der Waals surface area contributed by atoms with Crippen LogP contribution in [-0.2, 0) is 0 Å². The summed E-state index contributed by atoms with van der Waals surface area (Å²) in [5, 5.41) is 0. The molecule has 0 N–H and O–H groups in total. The highest BCUT2D eigenvalue weighted by molar-refractivity contribution is 5.36. The maximum absolute atomic E-state index is 6.05. The van der Waals surface area contributed by atoms with Crippen LogP contribution >= 0.6 is 0 Å². The molecule has 1 saturated heterocycles. The van der Waals surface area contributed by atoms with E-state index in [-0.39, 0.29) is 12.1 Å². The summed E-state index contributed by atoms with van der Waals surface area (Å²) in [4.78, 5) is 11.5. The van der Waals surface area contributed by atoms with Gasteiger partial charge in [0.2, 0.25) is 5.88 Å². The number of hydrogen-bond donors (Lipinski definition) is 0. The molecule has 0 aromatic carbocycles. The van der Waals surface area contributed by atoms with Crippen LogP contribution in [0.3, 0.4) is 0 Å². The molecule has 0 saturated carbocycles.